The number of amides is 1. The Morgan fingerprint density at radius 2 is 2.20 bits per heavy atom. The maximum absolute atomic E-state index is 12.6. The van der Waals surface area contributed by atoms with Crippen molar-refractivity contribution in [2.45, 2.75) is 32.7 Å². The normalized spacial score (nSPS) is 22.6. The van der Waals surface area contributed by atoms with Gasteiger partial charge in [-0.3, -0.25) is 14.9 Å². The molecule has 1 aliphatic rings. The van der Waals surface area contributed by atoms with Crippen LogP contribution < -0.4 is 0 Å². The number of hydrogen-bond acceptors (Lipinski definition) is 4. The molecule has 1 saturated heterocycles. The summed E-state index contributed by atoms with van der Waals surface area (Å²) >= 11 is 5.77. The minimum absolute atomic E-state index is 0.0101. The van der Waals surface area contributed by atoms with Crippen molar-refractivity contribution < 1.29 is 9.72 Å². The summed E-state index contributed by atoms with van der Waals surface area (Å²) in [7, 11) is 0. The van der Waals surface area contributed by atoms with E-state index in [-0.39, 0.29) is 28.4 Å². The number of hydrogen-bond donors (Lipinski definition) is 0. The largest absolute Gasteiger partial charge is 0.335 e. The number of carbonyl (C=O) groups excluding carboxylic acids is 1. The highest BCUT2D eigenvalue weighted by Gasteiger charge is 2.31. The third-order valence-electron chi connectivity index (χ3n) is 3.66. The van der Waals surface area contributed by atoms with Crippen molar-refractivity contribution in [1.82, 2.24) is 9.88 Å². The molecule has 0 spiro atoms. The van der Waals surface area contributed by atoms with Crippen LogP contribution in [0.1, 0.15) is 37.0 Å². The highest BCUT2D eigenvalue weighted by atomic mass is 35.5. The molecule has 0 aliphatic carbocycles. The number of halogens is 1. The van der Waals surface area contributed by atoms with Crippen molar-refractivity contribution in [2.24, 2.45) is 5.92 Å². The molecule has 2 atom stereocenters. The summed E-state index contributed by atoms with van der Waals surface area (Å²) in [5, 5.41) is 11.1. The number of piperidine rings is 1. The van der Waals surface area contributed by atoms with Crippen molar-refractivity contribution in [2.75, 3.05) is 6.54 Å². The van der Waals surface area contributed by atoms with Crippen LogP contribution in [0.2, 0.25) is 5.15 Å². The molecule has 6 nitrogen and oxygen atoms in total. The van der Waals surface area contributed by atoms with Crippen LogP contribution >= 0.6 is 11.6 Å². The molecule has 1 aromatic rings. The Hall–Kier alpha value is -1.69. The molecule has 1 aromatic heterocycles. The number of nitro groups is 1. The molecule has 0 radical (unpaired) electrons. The fourth-order valence-corrected chi connectivity index (χ4v) is 2.62. The molecule has 108 valence electrons. The van der Waals surface area contributed by atoms with Gasteiger partial charge in [0, 0.05) is 12.6 Å². The van der Waals surface area contributed by atoms with E-state index in [1.807, 2.05) is 6.92 Å². The molecule has 0 bridgehead atoms. The topological polar surface area (TPSA) is 76.3 Å². The fourth-order valence-electron chi connectivity index (χ4n) is 2.47. The number of carbonyl (C=O) groups is 1. The fraction of sp³-hybridized carbons (Fsp3) is 0.538. The van der Waals surface area contributed by atoms with Crippen LogP contribution in [0.15, 0.2) is 12.3 Å². The highest BCUT2D eigenvalue weighted by Crippen LogP contribution is 2.27. The first-order valence-electron chi connectivity index (χ1n) is 6.51. The van der Waals surface area contributed by atoms with E-state index in [1.165, 1.54) is 6.07 Å². The van der Waals surface area contributed by atoms with Crippen LogP contribution in [0.3, 0.4) is 0 Å². The quantitative estimate of drug-likeness (QED) is 0.478. The number of aromatic nitrogens is 1. The van der Waals surface area contributed by atoms with Gasteiger partial charge >= 0.3 is 0 Å². The average Bonchev–Trinajstić information content (AvgIpc) is 2.40. The Kier molecular flexibility index (Phi) is 4.23. The molecule has 0 saturated carbocycles. The van der Waals surface area contributed by atoms with E-state index >= 15 is 0 Å². The monoisotopic (exact) mass is 297 g/mol. The lowest BCUT2D eigenvalue weighted by Crippen LogP contribution is -2.45. The molecule has 2 heterocycles. The first-order valence-corrected chi connectivity index (χ1v) is 6.89. The summed E-state index contributed by atoms with van der Waals surface area (Å²) in [6.07, 6.45) is 3.00. The third-order valence-corrected chi connectivity index (χ3v) is 3.86. The van der Waals surface area contributed by atoms with Crippen molar-refractivity contribution in [3.63, 3.8) is 0 Å². The van der Waals surface area contributed by atoms with Crippen LogP contribution in [-0.2, 0) is 0 Å². The minimum atomic E-state index is -0.603. The molecule has 0 aromatic carbocycles. The van der Waals surface area contributed by atoms with Gasteiger partial charge in [-0.1, -0.05) is 18.5 Å². The lowest BCUT2D eigenvalue weighted by Gasteiger charge is -2.36. The zero-order valence-electron chi connectivity index (χ0n) is 11.4. The molecule has 1 aliphatic heterocycles. The Labute approximate surface area is 121 Å². The molecule has 0 N–H and O–H groups in total. The lowest BCUT2D eigenvalue weighted by molar-refractivity contribution is -0.385. The van der Waals surface area contributed by atoms with Crippen LogP contribution in [0.25, 0.3) is 0 Å². The standard InChI is InChI=1S/C13H16ClN3O3/c1-8-3-4-9(2)16(7-8)13(18)10-5-12(14)15-6-11(10)17(19)20/h5-6,8-9H,3-4,7H2,1-2H3. The van der Waals surface area contributed by atoms with Crippen LogP contribution in [0, 0.1) is 16.0 Å². The summed E-state index contributed by atoms with van der Waals surface area (Å²) in [6.45, 7) is 4.63. The molecule has 1 amide bonds. The minimum Gasteiger partial charge on any atom is -0.335 e. The van der Waals surface area contributed by atoms with E-state index in [0.717, 1.165) is 19.0 Å². The summed E-state index contributed by atoms with van der Waals surface area (Å²) in [4.78, 5) is 28.3. The van der Waals surface area contributed by atoms with Gasteiger partial charge < -0.3 is 4.90 Å². The van der Waals surface area contributed by atoms with Gasteiger partial charge in [0.25, 0.3) is 11.6 Å². The van der Waals surface area contributed by atoms with Crippen LogP contribution in [-0.4, -0.2) is 33.3 Å². The molecule has 7 heteroatoms. The predicted octanol–water partition coefficient (Wildman–Crippen LogP) is 2.90. The number of likely N-dealkylation sites (tertiary alicyclic amines) is 1. The van der Waals surface area contributed by atoms with Gasteiger partial charge in [-0.2, -0.15) is 0 Å². The SMILES string of the molecule is CC1CCC(C)N(C(=O)c2cc(Cl)ncc2[N+](=O)[O-])C1. The van der Waals surface area contributed by atoms with Crippen LogP contribution in [0.4, 0.5) is 5.69 Å². The van der Waals surface area contributed by atoms with Gasteiger partial charge in [0.15, 0.2) is 0 Å². The maximum atomic E-state index is 12.6. The summed E-state index contributed by atoms with van der Waals surface area (Å²) in [5.74, 6) is 0.0477. The van der Waals surface area contributed by atoms with Gasteiger partial charge in [-0.05, 0) is 31.7 Å². The maximum Gasteiger partial charge on any atom is 0.300 e. The Morgan fingerprint density at radius 1 is 1.50 bits per heavy atom. The second-order valence-electron chi connectivity index (χ2n) is 5.27. The zero-order valence-corrected chi connectivity index (χ0v) is 12.1. The van der Waals surface area contributed by atoms with E-state index in [0.29, 0.717) is 12.5 Å². The third kappa shape index (κ3) is 2.90. The second kappa shape index (κ2) is 5.75. The molecule has 2 unspecified atom stereocenters. The van der Waals surface area contributed by atoms with E-state index in [4.69, 9.17) is 11.6 Å². The average molecular weight is 298 g/mol. The van der Waals surface area contributed by atoms with Gasteiger partial charge in [-0.25, -0.2) is 4.98 Å². The second-order valence-corrected chi connectivity index (χ2v) is 5.66. The highest BCUT2D eigenvalue weighted by molar-refractivity contribution is 6.29. The zero-order chi connectivity index (χ0) is 14.9. The van der Waals surface area contributed by atoms with Crippen molar-refractivity contribution in [1.29, 1.82) is 0 Å². The molecule has 1 fully saturated rings. The Balaban J connectivity index is 2.37. The molecular formula is C13H16ClN3O3. The molecule has 2 rings (SSSR count). The predicted molar refractivity (Wildman–Crippen MR) is 74.8 cm³/mol. The van der Waals surface area contributed by atoms with Gasteiger partial charge in [0.05, 0.1) is 4.92 Å². The van der Waals surface area contributed by atoms with Crippen LogP contribution in [0.5, 0.6) is 0 Å². The Morgan fingerprint density at radius 3 is 2.85 bits per heavy atom. The van der Waals surface area contributed by atoms with Gasteiger partial charge in [-0.15, -0.1) is 0 Å². The molecular weight excluding hydrogens is 282 g/mol. The van der Waals surface area contributed by atoms with E-state index < -0.39 is 4.92 Å². The van der Waals surface area contributed by atoms with Crippen molar-refractivity contribution >= 4 is 23.2 Å². The van der Waals surface area contributed by atoms with E-state index in [9.17, 15) is 14.9 Å². The smallest absolute Gasteiger partial charge is 0.300 e. The summed E-state index contributed by atoms with van der Waals surface area (Å²) < 4.78 is 0. The van der Waals surface area contributed by atoms with E-state index in [2.05, 4.69) is 11.9 Å². The number of nitrogens with zero attached hydrogens (tertiary/aromatic N) is 3. The summed E-state index contributed by atoms with van der Waals surface area (Å²) in [5.41, 5.74) is -0.291. The van der Waals surface area contributed by atoms with Crippen molar-refractivity contribution in [3.05, 3.63) is 33.1 Å². The van der Waals surface area contributed by atoms with Gasteiger partial charge in [0.1, 0.15) is 16.9 Å². The first-order chi connectivity index (χ1) is 9.40. The number of rotatable bonds is 2. The van der Waals surface area contributed by atoms with Crippen molar-refractivity contribution in [3.8, 4) is 0 Å². The Bertz CT molecular complexity index is 550. The molecule has 20 heavy (non-hydrogen) atoms. The van der Waals surface area contributed by atoms with E-state index in [1.54, 1.807) is 4.90 Å². The van der Waals surface area contributed by atoms with Gasteiger partial charge in [0.2, 0.25) is 0 Å². The first kappa shape index (κ1) is 14.7. The number of pyridine rings is 1. The summed E-state index contributed by atoms with van der Waals surface area (Å²) in [6, 6.07) is 1.35. The lowest BCUT2D eigenvalue weighted by atomic mass is 9.94.